The zero-order valence-electron chi connectivity index (χ0n) is 12.3. The minimum absolute atomic E-state index is 0.193. The molecule has 0 unspecified atom stereocenters. The average Bonchev–Trinajstić information content (AvgIpc) is 2.56. The topological polar surface area (TPSA) is 62.1 Å². The Hall–Kier alpha value is -2.39. The third-order valence-corrected chi connectivity index (χ3v) is 3.90. The molecule has 23 heavy (non-hydrogen) atoms. The number of carbonyl (C=O) groups excluding carboxylic acids is 1. The Labute approximate surface area is 142 Å². The molecule has 0 saturated heterocycles. The van der Waals surface area contributed by atoms with Gasteiger partial charge in [-0.25, -0.2) is 4.39 Å². The van der Waals surface area contributed by atoms with E-state index in [2.05, 4.69) is 21.2 Å². The van der Waals surface area contributed by atoms with E-state index in [-0.39, 0.29) is 18.3 Å². The molecule has 1 N–H and O–H groups in total. The lowest BCUT2D eigenvalue weighted by molar-refractivity contribution is -0.127. The second-order valence-corrected chi connectivity index (χ2v) is 5.70. The van der Waals surface area contributed by atoms with Crippen LogP contribution in [0.4, 0.5) is 4.39 Å². The molecule has 0 heterocycles. The van der Waals surface area contributed by atoms with Gasteiger partial charge in [-0.2, -0.15) is 5.26 Å². The van der Waals surface area contributed by atoms with Gasteiger partial charge in [-0.3, -0.25) is 4.79 Å². The highest BCUT2D eigenvalue weighted by molar-refractivity contribution is 9.10. The number of nitrogens with zero attached hydrogens (tertiary/aromatic N) is 1. The second kappa shape index (κ2) is 7.75. The molecule has 0 aliphatic heterocycles. The molecule has 2 rings (SSSR count). The van der Waals surface area contributed by atoms with Crippen molar-refractivity contribution < 1.29 is 13.9 Å². The van der Waals surface area contributed by atoms with E-state index in [0.717, 1.165) is 4.47 Å². The summed E-state index contributed by atoms with van der Waals surface area (Å²) in [6.07, 6.45) is -0.713. The number of rotatable bonds is 5. The molecule has 0 fully saturated rings. The van der Waals surface area contributed by atoms with Crippen molar-refractivity contribution in [3.8, 4) is 11.8 Å². The van der Waals surface area contributed by atoms with Crippen LogP contribution < -0.4 is 10.1 Å². The van der Waals surface area contributed by atoms with Gasteiger partial charge in [0.05, 0.1) is 11.6 Å². The van der Waals surface area contributed by atoms with E-state index in [4.69, 9.17) is 10.00 Å². The molecule has 0 spiro atoms. The van der Waals surface area contributed by atoms with Crippen molar-refractivity contribution in [3.05, 3.63) is 63.9 Å². The highest BCUT2D eigenvalue weighted by Crippen LogP contribution is 2.18. The van der Waals surface area contributed by atoms with Crippen molar-refractivity contribution >= 4 is 21.8 Å². The molecule has 2 aromatic carbocycles. The summed E-state index contributed by atoms with van der Waals surface area (Å²) < 4.78 is 19.4. The van der Waals surface area contributed by atoms with Crippen LogP contribution in [-0.2, 0) is 11.3 Å². The highest BCUT2D eigenvalue weighted by atomic mass is 79.9. The Morgan fingerprint density at radius 2 is 2.04 bits per heavy atom. The smallest absolute Gasteiger partial charge is 0.261 e. The van der Waals surface area contributed by atoms with Crippen LogP contribution in [0.1, 0.15) is 18.1 Å². The zero-order valence-corrected chi connectivity index (χ0v) is 13.9. The first kappa shape index (κ1) is 17.0. The Kier molecular flexibility index (Phi) is 5.72. The molecule has 1 amide bonds. The maximum atomic E-state index is 13.2. The molecule has 0 saturated carbocycles. The number of hydrogen-bond donors (Lipinski definition) is 1. The van der Waals surface area contributed by atoms with Crippen molar-refractivity contribution in [1.82, 2.24) is 5.32 Å². The summed E-state index contributed by atoms with van der Waals surface area (Å²) in [4.78, 5) is 12.0. The maximum absolute atomic E-state index is 13.2. The molecular formula is C17H14BrFN2O2. The molecule has 0 bridgehead atoms. The predicted molar refractivity (Wildman–Crippen MR) is 87.2 cm³/mol. The molecule has 2 aromatic rings. The third-order valence-electron chi connectivity index (χ3n) is 3.13. The van der Waals surface area contributed by atoms with Crippen molar-refractivity contribution in [2.45, 2.75) is 19.6 Å². The van der Waals surface area contributed by atoms with Crippen LogP contribution in [0.2, 0.25) is 0 Å². The van der Waals surface area contributed by atoms with Gasteiger partial charge in [0.15, 0.2) is 6.10 Å². The quantitative estimate of drug-likeness (QED) is 0.867. The minimum Gasteiger partial charge on any atom is -0.481 e. The van der Waals surface area contributed by atoms with Crippen LogP contribution in [-0.4, -0.2) is 12.0 Å². The first-order chi connectivity index (χ1) is 11.0. The summed E-state index contributed by atoms with van der Waals surface area (Å²) in [6, 6.07) is 12.8. The molecule has 0 aliphatic carbocycles. The Morgan fingerprint density at radius 3 is 2.70 bits per heavy atom. The number of benzene rings is 2. The summed E-state index contributed by atoms with van der Waals surface area (Å²) in [5.74, 6) is -0.177. The standard InChI is InChI=1S/C17H14BrFN2O2/c1-11(23-15-5-2-12(9-20)3-6-15)17(22)21-10-13-8-14(19)4-7-16(13)18/h2-8,11H,10H2,1H3,(H,21,22)/t11-/m1/s1. The monoisotopic (exact) mass is 376 g/mol. The van der Waals surface area contributed by atoms with Crippen molar-refractivity contribution in [1.29, 1.82) is 5.26 Å². The maximum Gasteiger partial charge on any atom is 0.261 e. The largest absolute Gasteiger partial charge is 0.481 e. The zero-order chi connectivity index (χ0) is 16.8. The number of nitrogens with one attached hydrogen (secondary N) is 1. The van der Waals surface area contributed by atoms with Gasteiger partial charge < -0.3 is 10.1 Å². The number of hydrogen-bond acceptors (Lipinski definition) is 3. The van der Waals surface area contributed by atoms with Crippen LogP contribution in [0.15, 0.2) is 46.9 Å². The summed E-state index contributed by atoms with van der Waals surface area (Å²) in [6.45, 7) is 1.81. The molecule has 6 heteroatoms. The highest BCUT2D eigenvalue weighted by Gasteiger charge is 2.15. The predicted octanol–water partition coefficient (Wildman–Crippen LogP) is 3.54. The Bertz CT molecular complexity index is 741. The molecule has 4 nitrogen and oxygen atoms in total. The van der Waals surface area contributed by atoms with E-state index in [1.54, 1.807) is 37.3 Å². The Morgan fingerprint density at radius 1 is 1.35 bits per heavy atom. The first-order valence-corrected chi connectivity index (χ1v) is 7.67. The van der Waals surface area contributed by atoms with Crippen molar-refractivity contribution in [2.75, 3.05) is 0 Å². The molecular weight excluding hydrogens is 363 g/mol. The normalized spacial score (nSPS) is 11.4. The third kappa shape index (κ3) is 4.80. The van der Waals surface area contributed by atoms with Crippen LogP contribution in [0, 0.1) is 17.1 Å². The van der Waals surface area contributed by atoms with Gasteiger partial charge in [0.25, 0.3) is 5.91 Å². The summed E-state index contributed by atoms with van der Waals surface area (Å²) in [5, 5.41) is 11.4. The number of ether oxygens (including phenoxy) is 1. The van der Waals surface area contributed by atoms with Gasteiger partial charge in [-0.1, -0.05) is 15.9 Å². The molecule has 0 radical (unpaired) electrons. The fourth-order valence-corrected chi connectivity index (χ4v) is 2.26. The number of nitriles is 1. The van der Waals surface area contributed by atoms with E-state index in [0.29, 0.717) is 16.9 Å². The fraction of sp³-hybridized carbons (Fsp3) is 0.176. The van der Waals surface area contributed by atoms with Gasteiger partial charge in [-0.05, 0) is 55.0 Å². The molecule has 0 aromatic heterocycles. The van der Waals surface area contributed by atoms with Gasteiger partial charge in [-0.15, -0.1) is 0 Å². The number of amides is 1. The molecule has 1 atom stereocenters. The first-order valence-electron chi connectivity index (χ1n) is 6.88. The van der Waals surface area contributed by atoms with Crippen LogP contribution in [0.5, 0.6) is 5.75 Å². The lowest BCUT2D eigenvalue weighted by Gasteiger charge is -2.15. The van der Waals surface area contributed by atoms with Gasteiger partial charge in [0.1, 0.15) is 11.6 Å². The van der Waals surface area contributed by atoms with Gasteiger partial charge in [0, 0.05) is 11.0 Å². The van der Waals surface area contributed by atoms with E-state index < -0.39 is 6.10 Å². The fourth-order valence-electron chi connectivity index (χ4n) is 1.87. The summed E-state index contributed by atoms with van der Waals surface area (Å²) in [5.41, 5.74) is 1.16. The molecule has 118 valence electrons. The lowest BCUT2D eigenvalue weighted by Crippen LogP contribution is -2.36. The summed E-state index contributed by atoms with van der Waals surface area (Å²) in [7, 11) is 0. The number of carbonyl (C=O) groups is 1. The van der Waals surface area contributed by atoms with E-state index >= 15 is 0 Å². The molecule has 0 aliphatic rings. The Balaban J connectivity index is 1.92. The van der Waals surface area contributed by atoms with Crippen LogP contribution in [0.25, 0.3) is 0 Å². The summed E-state index contributed by atoms with van der Waals surface area (Å²) >= 11 is 3.31. The average molecular weight is 377 g/mol. The van der Waals surface area contributed by atoms with Gasteiger partial charge in [0.2, 0.25) is 0 Å². The minimum atomic E-state index is -0.713. The van der Waals surface area contributed by atoms with Crippen molar-refractivity contribution in [3.63, 3.8) is 0 Å². The van der Waals surface area contributed by atoms with Crippen LogP contribution >= 0.6 is 15.9 Å². The van der Waals surface area contributed by atoms with Crippen LogP contribution in [0.3, 0.4) is 0 Å². The van der Waals surface area contributed by atoms with Crippen molar-refractivity contribution in [2.24, 2.45) is 0 Å². The van der Waals surface area contributed by atoms with E-state index in [1.165, 1.54) is 12.1 Å². The lowest BCUT2D eigenvalue weighted by atomic mass is 10.2. The SMILES string of the molecule is C[C@@H](Oc1ccc(C#N)cc1)C(=O)NCc1cc(F)ccc1Br. The van der Waals surface area contributed by atoms with E-state index in [9.17, 15) is 9.18 Å². The second-order valence-electron chi connectivity index (χ2n) is 4.85. The van der Waals surface area contributed by atoms with E-state index in [1.807, 2.05) is 6.07 Å². The number of halogens is 2. The van der Waals surface area contributed by atoms with Gasteiger partial charge >= 0.3 is 0 Å².